The topological polar surface area (TPSA) is 49.8 Å². The average molecular weight is 203 g/mol. The highest BCUT2D eigenvalue weighted by Crippen LogP contribution is 1.98. The van der Waals surface area contributed by atoms with Gasteiger partial charge >= 0.3 is 0 Å². The van der Waals surface area contributed by atoms with E-state index in [-0.39, 0.29) is 25.2 Å². The Labute approximate surface area is 85.9 Å². The number of amides is 1. The predicted molar refractivity (Wildman–Crippen MR) is 55.0 cm³/mol. The molecule has 0 rings (SSSR count). The van der Waals surface area contributed by atoms with Gasteiger partial charge in [-0.3, -0.25) is 4.79 Å². The molecule has 84 valence electrons. The molecule has 0 aliphatic rings. The van der Waals surface area contributed by atoms with Gasteiger partial charge in [-0.05, 0) is 20.3 Å². The van der Waals surface area contributed by atoms with Crippen molar-refractivity contribution in [2.45, 2.75) is 33.2 Å². The van der Waals surface area contributed by atoms with E-state index in [4.69, 9.17) is 9.84 Å². The standard InChI is InChI=1S/C10H21NO3/c1-4-7-14-8-10(13)11(5-6-12)9(2)3/h9,12H,4-8H2,1-3H3. The van der Waals surface area contributed by atoms with Crippen LogP contribution >= 0.6 is 0 Å². The molecule has 0 bridgehead atoms. The van der Waals surface area contributed by atoms with Gasteiger partial charge < -0.3 is 14.7 Å². The number of aliphatic hydroxyl groups is 1. The third kappa shape index (κ3) is 5.19. The Kier molecular flexibility index (Phi) is 7.42. The summed E-state index contributed by atoms with van der Waals surface area (Å²) in [4.78, 5) is 13.2. The molecule has 0 unspecified atom stereocenters. The van der Waals surface area contributed by atoms with Gasteiger partial charge in [-0.25, -0.2) is 0 Å². The molecule has 0 aromatic carbocycles. The molecule has 4 nitrogen and oxygen atoms in total. The molecule has 0 radical (unpaired) electrons. The van der Waals surface area contributed by atoms with Crippen molar-refractivity contribution in [2.75, 3.05) is 26.4 Å². The van der Waals surface area contributed by atoms with E-state index in [1.165, 1.54) is 0 Å². The van der Waals surface area contributed by atoms with Gasteiger partial charge in [-0.1, -0.05) is 6.92 Å². The first-order valence-corrected chi connectivity index (χ1v) is 5.11. The molecule has 0 saturated carbocycles. The van der Waals surface area contributed by atoms with Crippen LogP contribution < -0.4 is 0 Å². The summed E-state index contributed by atoms with van der Waals surface area (Å²) in [5.41, 5.74) is 0. The fraction of sp³-hybridized carbons (Fsp3) is 0.900. The number of hydrogen-bond donors (Lipinski definition) is 1. The first-order chi connectivity index (χ1) is 6.63. The van der Waals surface area contributed by atoms with Crippen LogP contribution in [0.5, 0.6) is 0 Å². The lowest BCUT2D eigenvalue weighted by Gasteiger charge is -2.25. The lowest BCUT2D eigenvalue weighted by atomic mass is 10.3. The highest BCUT2D eigenvalue weighted by Gasteiger charge is 2.15. The van der Waals surface area contributed by atoms with E-state index in [9.17, 15) is 4.79 Å². The van der Waals surface area contributed by atoms with E-state index in [1.807, 2.05) is 20.8 Å². The molecule has 0 aliphatic heterocycles. The Bertz CT molecular complexity index is 159. The van der Waals surface area contributed by atoms with Crippen molar-refractivity contribution < 1.29 is 14.6 Å². The number of nitrogens with zero attached hydrogens (tertiary/aromatic N) is 1. The van der Waals surface area contributed by atoms with Gasteiger partial charge in [0, 0.05) is 19.2 Å². The molecule has 0 atom stereocenters. The van der Waals surface area contributed by atoms with Gasteiger partial charge in [0.25, 0.3) is 0 Å². The summed E-state index contributed by atoms with van der Waals surface area (Å²) >= 11 is 0. The SMILES string of the molecule is CCCOCC(=O)N(CCO)C(C)C. The van der Waals surface area contributed by atoms with Crippen molar-refractivity contribution in [2.24, 2.45) is 0 Å². The molecule has 1 amide bonds. The van der Waals surface area contributed by atoms with Crippen LogP contribution in [-0.4, -0.2) is 48.3 Å². The van der Waals surface area contributed by atoms with E-state index in [0.717, 1.165) is 6.42 Å². The molecule has 0 aromatic heterocycles. The van der Waals surface area contributed by atoms with Crippen LogP contribution in [0.1, 0.15) is 27.2 Å². The maximum absolute atomic E-state index is 11.5. The summed E-state index contributed by atoms with van der Waals surface area (Å²) < 4.78 is 5.15. The Morgan fingerprint density at radius 2 is 2.14 bits per heavy atom. The zero-order chi connectivity index (χ0) is 11.0. The molecule has 0 aromatic rings. The van der Waals surface area contributed by atoms with Crippen molar-refractivity contribution in [1.82, 2.24) is 4.90 Å². The molecule has 14 heavy (non-hydrogen) atoms. The molecule has 4 heteroatoms. The molecule has 0 aliphatic carbocycles. The monoisotopic (exact) mass is 203 g/mol. The minimum atomic E-state index is -0.0532. The van der Waals surface area contributed by atoms with E-state index >= 15 is 0 Å². The van der Waals surface area contributed by atoms with Crippen LogP contribution in [-0.2, 0) is 9.53 Å². The number of ether oxygens (including phenoxy) is 1. The van der Waals surface area contributed by atoms with Crippen molar-refractivity contribution in [1.29, 1.82) is 0 Å². The highest BCUT2D eigenvalue weighted by atomic mass is 16.5. The third-order valence-electron chi connectivity index (χ3n) is 1.86. The lowest BCUT2D eigenvalue weighted by Crippen LogP contribution is -2.41. The summed E-state index contributed by atoms with van der Waals surface area (Å²) in [6.45, 7) is 6.95. The molecule has 0 heterocycles. The Morgan fingerprint density at radius 1 is 1.50 bits per heavy atom. The number of hydrogen-bond acceptors (Lipinski definition) is 3. The largest absolute Gasteiger partial charge is 0.395 e. The summed E-state index contributed by atoms with van der Waals surface area (Å²) in [6.07, 6.45) is 0.912. The normalized spacial score (nSPS) is 10.6. The summed E-state index contributed by atoms with van der Waals surface area (Å²) in [5, 5.41) is 8.77. The van der Waals surface area contributed by atoms with Crippen LogP contribution in [0.25, 0.3) is 0 Å². The number of rotatable bonds is 7. The second kappa shape index (κ2) is 7.76. The second-order valence-electron chi connectivity index (χ2n) is 3.46. The van der Waals surface area contributed by atoms with E-state index < -0.39 is 0 Å². The van der Waals surface area contributed by atoms with Gasteiger partial charge in [-0.15, -0.1) is 0 Å². The lowest BCUT2D eigenvalue weighted by molar-refractivity contribution is -0.138. The van der Waals surface area contributed by atoms with E-state index in [0.29, 0.717) is 13.2 Å². The van der Waals surface area contributed by atoms with Crippen molar-refractivity contribution in [3.63, 3.8) is 0 Å². The number of carbonyl (C=O) groups excluding carboxylic acids is 1. The van der Waals surface area contributed by atoms with Crippen LogP contribution in [0.15, 0.2) is 0 Å². The van der Waals surface area contributed by atoms with Crippen molar-refractivity contribution in [3.8, 4) is 0 Å². The fourth-order valence-electron chi connectivity index (χ4n) is 1.17. The summed E-state index contributed by atoms with van der Waals surface area (Å²) in [5.74, 6) is -0.0532. The molecule has 1 N–H and O–H groups in total. The van der Waals surface area contributed by atoms with Gasteiger partial charge in [0.15, 0.2) is 0 Å². The number of carbonyl (C=O) groups is 1. The Morgan fingerprint density at radius 3 is 2.57 bits per heavy atom. The molecule has 0 fully saturated rings. The first-order valence-electron chi connectivity index (χ1n) is 5.11. The van der Waals surface area contributed by atoms with Crippen molar-refractivity contribution >= 4 is 5.91 Å². The fourth-order valence-corrected chi connectivity index (χ4v) is 1.17. The molecular formula is C10H21NO3. The van der Waals surface area contributed by atoms with Crippen LogP contribution in [0.4, 0.5) is 0 Å². The summed E-state index contributed by atoms with van der Waals surface area (Å²) in [6, 6.07) is 0.111. The average Bonchev–Trinajstić information content (AvgIpc) is 2.13. The quantitative estimate of drug-likeness (QED) is 0.618. The van der Waals surface area contributed by atoms with Crippen LogP contribution in [0, 0.1) is 0 Å². The summed E-state index contributed by atoms with van der Waals surface area (Å²) in [7, 11) is 0. The Hall–Kier alpha value is -0.610. The predicted octanol–water partition coefficient (Wildman–Crippen LogP) is 0.642. The number of aliphatic hydroxyl groups excluding tert-OH is 1. The van der Waals surface area contributed by atoms with E-state index in [2.05, 4.69) is 0 Å². The zero-order valence-corrected chi connectivity index (χ0v) is 9.32. The van der Waals surface area contributed by atoms with Gasteiger partial charge in [-0.2, -0.15) is 0 Å². The molecule has 0 spiro atoms. The maximum Gasteiger partial charge on any atom is 0.248 e. The Balaban J connectivity index is 3.89. The maximum atomic E-state index is 11.5. The second-order valence-corrected chi connectivity index (χ2v) is 3.46. The van der Waals surface area contributed by atoms with Gasteiger partial charge in [0.05, 0.1) is 6.61 Å². The highest BCUT2D eigenvalue weighted by molar-refractivity contribution is 5.77. The minimum absolute atomic E-state index is 0.00228. The van der Waals surface area contributed by atoms with Gasteiger partial charge in [0.1, 0.15) is 6.61 Å². The van der Waals surface area contributed by atoms with Gasteiger partial charge in [0.2, 0.25) is 5.91 Å². The zero-order valence-electron chi connectivity index (χ0n) is 9.32. The smallest absolute Gasteiger partial charge is 0.248 e. The minimum Gasteiger partial charge on any atom is -0.395 e. The molecule has 0 saturated heterocycles. The first kappa shape index (κ1) is 13.4. The van der Waals surface area contributed by atoms with Crippen LogP contribution in [0.3, 0.4) is 0 Å². The van der Waals surface area contributed by atoms with Crippen molar-refractivity contribution in [3.05, 3.63) is 0 Å². The third-order valence-corrected chi connectivity index (χ3v) is 1.86. The molecular weight excluding hydrogens is 182 g/mol. The van der Waals surface area contributed by atoms with Crippen LogP contribution in [0.2, 0.25) is 0 Å². The van der Waals surface area contributed by atoms with E-state index in [1.54, 1.807) is 4.90 Å².